The number of hydrogen-bond donors (Lipinski definition) is 2. The molecule has 0 aliphatic heterocycles. The molecule has 1 heterocycles. The van der Waals surface area contributed by atoms with Crippen LogP contribution in [-0.4, -0.2) is 26.3 Å². The van der Waals surface area contributed by atoms with E-state index in [1.165, 1.54) is 36.6 Å². The Kier molecular flexibility index (Phi) is 4.75. The third-order valence-corrected chi connectivity index (χ3v) is 3.34. The number of oxazole rings is 1. The third kappa shape index (κ3) is 4.12. The van der Waals surface area contributed by atoms with Gasteiger partial charge >= 0.3 is 5.95 Å². The lowest BCUT2D eigenvalue weighted by atomic mass is 10.2. The Morgan fingerprint density at radius 2 is 1.88 bits per heavy atom. The minimum absolute atomic E-state index is 0.0240. The molecule has 3 rings (SSSR count). The first-order chi connectivity index (χ1) is 12.5. The van der Waals surface area contributed by atoms with Crippen molar-refractivity contribution in [2.75, 3.05) is 0 Å². The summed E-state index contributed by atoms with van der Waals surface area (Å²) < 4.78 is 5.11. The Balaban J connectivity index is 1.76. The van der Waals surface area contributed by atoms with Crippen molar-refractivity contribution in [1.82, 2.24) is 4.98 Å². The zero-order valence-corrected chi connectivity index (χ0v) is 13.3. The van der Waals surface area contributed by atoms with Crippen LogP contribution in [0.3, 0.4) is 0 Å². The molecule has 0 saturated carbocycles. The smallest absolute Gasteiger partial charge is 0.312 e. The molecule has 0 unspecified atom stereocenters. The molecular weight excluding hydrogens is 338 g/mol. The molecule has 8 nitrogen and oxygen atoms in total. The number of phenolic OH excluding ortho intramolecular Hbond substituents is 1. The largest absolute Gasteiger partial charge is 0.508 e. The highest BCUT2D eigenvalue weighted by Gasteiger charge is 2.09. The number of aromatic nitrogens is 1. The van der Waals surface area contributed by atoms with E-state index in [9.17, 15) is 20.3 Å². The second-order valence-electron chi connectivity index (χ2n) is 5.20. The molecule has 130 valence electrons. The van der Waals surface area contributed by atoms with Crippen LogP contribution in [0.4, 0.5) is 11.4 Å². The van der Waals surface area contributed by atoms with Crippen molar-refractivity contribution in [3.8, 4) is 11.7 Å². The minimum Gasteiger partial charge on any atom is -0.508 e. The van der Waals surface area contributed by atoms with Crippen molar-refractivity contribution in [2.24, 2.45) is 4.99 Å². The summed E-state index contributed by atoms with van der Waals surface area (Å²) in [6.45, 7) is 0. The molecule has 0 aliphatic rings. The quantitative estimate of drug-likeness (QED) is 0.408. The summed E-state index contributed by atoms with van der Waals surface area (Å²) in [7, 11) is 0. The predicted octanol–water partition coefficient (Wildman–Crippen LogP) is 3.92. The zero-order valence-electron chi connectivity index (χ0n) is 13.3. The van der Waals surface area contributed by atoms with Gasteiger partial charge in [0.25, 0.3) is 5.69 Å². The van der Waals surface area contributed by atoms with E-state index >= 15 is 0 Å². The summed E-state index contributed by atoms with van der Waals surface area (Å²) in [5, 5.41) is 29.8. The van der Waals surface area contributed by atoms with Crippen LogP contribution in [0.5, 0.6) is 11.7 Å². The number of aromatic hydroxyl groups is 2. The highest BCUT2D eigenvalue weighted by Crippen LogP contribution is 2.21. The second-order valence-corrected chi connectivity index (χ2v) is 5.20. The molecule has 0 fully saturated rings. The maximum atomic E-state index is 10.8. The standard InChI is InChI=1S/C18H13N3O5/c22-15-7-5-13(6-8-15)19-11-16-18(23)26-17(20-16)9-4-12-2-1-3-14(10-12)21(24)25/h1-11,22-23H. The first-order valence-electron chi connectivity index (χ1n) is 7.47. The van der Waals surface area contributed by atoms with Gasteiger partial charge in [-0.3, -0.25) is 15.1 Å². The Bertz CT molecular complexity index is 990. The van der Waals surface area contributed by atoms with Crippen LogP contribution in [0.25, 0.3) is 12.2 Å². The van der Waals surface area contributed by atoms with Gasteiger partial charge in [-0.2, -0.15) is 0 Å². The fourth-order valence-electron chi connectivity index (χ4n) is 2.08. The van der Waals surface area contributed by atoms with Crippen LogP contribution in [0, 0.1) is 10.1 Å². The van der Waals surface area contributed by atoms with Crippen LogP contribution >= 0.6 is 0 Å². The number of nitrogens with zero attached hydrogens (tertiary/aromatic N) is 3. The number of nitro benzene ring substituents is 1. The molecule has 2 aromatic carbocycles. The lowest BCUT2D eigenvalue weighted by molar-refractivity contribution is -0.384. The number of benzene rings is 2. The molecule has 0 saturated heterocycles. The average Bonchev–Trinajstić information content (AvgIpc) is 2.99. The molecule has 3 aromatic rings. The first-order valence-corrected chi connectivity index (χ1v) is 7.47. The van der Waals surface area contributed by atoms with Crippen LogP contribution in [0.2, 0.25) is 0 Å². The highest BCUT2D eigenvalue weighted by molar-refractivity contribution is 5.82. The molecule has 0 aliphatic carbocycles. The Morgan fingerprint density at radius 3 is 2.62 bits per heavy atom. The van der Waals surface area contributed by atoms with Gasteiger partial charge in [0.15, 0.2) is 5.69 Å². The number of rotatable bonds is 5. The number of phenols is 1. The predicted molar refractivity (Wildman–Crippen MR) is 95.6 cm³/mol. The van der Waals surface area contributed by atoms with Crippen molar-refractivity contribution in [2.45, 2.75) is 0 Å². The molecule has 0 atom stereocenters. The topological polar surface area (TPSA) is 122 Å². The summed E-state index contributed by atoms with van der Waals surface area (Å²) in [4.78, 5) is 18.5. The summed E-state index contributed by atoms with van der Waals surface area (Å²) in [5.74, 6) is -0.144. The summed E-state index contributed by atoms with van der Waals surface area (Å²) in [6.07, 6.45) is 4.39. The van der Waals surface area contributed by atoms with E-state index < -0.39 is 10.9 Å². The van der Waals surface area contributed by atoms with Crippen molar-refractivity contribution in [1.29, 1.82) is 0 Å². The van der Waals surface area contributed by atoms with Gasteiger partial charge in [-0.05, 0) is 35.9 Å². The van der Waals surface area contributed by atoms with Gasteiger partial charge in [0.2, 0.25) is 5.89 Å². The van der Waals surface area contributed by atoms with Gasteiger partial charge in [0, 0.05) is 18.2 Å². The van der Waals surface area contributed by atoms with Crippen LogP contribution in [-0.2, 0) is 0 Å². The SMILES string of the molecule is O=[N+]([O-])c1cccc(C=Cc2nc(C=Nc3ccc(O)cc3)c(O)o2)c1. The van der Waals surface area contributed by atoms with E-state index in [0.717, 1.165) is 0 Å². The molecule has 2 N–H and O–H groups in total. The third-order valence-electron chi connectivity index (χ3n) is 3.34. The molecule has 8 heteroatoms. The molecule has 0 radical (unpaired) electrons. The Labute approximate surface area is 147 Å². The minimum atomic E-state index is -0.480. The van der Waals surface area contributed by atoms with Crippen LogP contribution < -0.4 is 0 Å². The highest BCUT2D eigenvalue weighted by atomic mass is 16.6. The number of hydrogen-bond acceptors (Lipinski definition) is 7. The normalized spacial score (nSPS) is 11.4. The fourth-order valence-corrected chi connectivity index (χ4v) is 2.08. The van der Waals surface area contributed by atoms with E-state index in [2.05, 4.69) is 9.98 Å². The first kappa shape index (κ1) is 16.9. The molecular formula is C18H13N3O5. The Morgan fingerprint density at radius 1 is 1.12 bits per heavy atom. The average molecular weight is 351 g/mol. The van der Waals surface area contributed by atoms with Crippen molar-refractivity contribution >= 4 is 29.7 Å². The number of nitro groups is 1. The summed E-state index contributed by atoms with van der Waals surface area (Å²) in [5.41, 5.74) is 1.27. The summed E-state index contributed by atoms with van der Waals surface area (Å²) >= 11 is 0. The van der Waals surface area contributed by atoms with E-state index in [4.69, 9.17) is 4.42 Å². The van der Waals surface area contributed by atoms with Crippen LogP contribution in [0.15, 0.2) is 57.9 Å². The lowest BCUT2D eigenvalue weighted by Crippen LogP contribution is -1.87. The van der Waals surface area contributed by atoms with Gasteiger partial charge in [-0.25, -0.2) is 4.98 Å². The van der Waals surface area contributed by atoms with E-state index in [1.807, 2.05) is 0 Å². The van der Waals surface area contributed by atoms with E-state index in [1.54, 1.807) is 30.3 Å². The lowest BCUT2D eigenvalue weighted by Gasteiger charge is -1.93. The monoisotopic (exact) mass is 351 g/mol. The van der Waals surface area contributed by atoms with Gasteiger partial charge in [-0.1, -0.05) is 12.1 Å². The maximum Gasteiger partial charge on any atom is 0.312 e. The zero-order chi connectivity index (χ0) is 18.5. The van der Waals surface area contributed by atoms with Gasteiger partial charge < -0.3 is 14.6 Å². The molecule has 0 amide bonds. The van der Waals surface area contributed by atoms with Gasteiger partial charge in [0.05, 0.1) is 16.8 Å². The molecule has 1 aromatic heterocycles. The maximum absolute atomic E-state index is 10.8. The number of non-ortho nitro benzene ring substituents is 1. The molecule has 0 spiro atoms. The van der Waals surface area contributed by atoms with Gasteiger partial charge in [0.1, 0.15) is 5.75 Å². The van der Waals surface area contributed by atoms with Crippen LogP contribution in [0.1, 0.15) is 17.1 Å². The van der Waals surface area contributed by atoms with Crippen molar-refractivity contribution in [3.63, 3.8) is 0 Å². The van der Waals surface area contributed by atoms with Crippen molar-refractivity contribution in [3.05, 3.63) is 75.8 Å². The number of aliphatic imine (C=N–C) groups is 1. The molecule has 0 bridgehead atoms. The van der Waals surface area contributed by atoms with E-state index in [-0.39, 0.29) is 23.0 Å². The Hall–Kier alpha value is -3.94. The summed E-state index contributed by atoms with van der Waals surface area (Å²) in [6, 6.07) is 12.3. The fraction of sp³-hybridized carbons (Fsp3) is 0. The van der Waals surface area contributed by atoms with E-state index in [0.29, 0.717) is 11.3 Å². The van der Waals surface area contributed by atoms with Gasteiger partial charge in [-0.15, -0.1) is 0 Å². The van der Waals surface area contributed by atoms with Crippen molar-refractivity contribution < 1.29 is 19.6 Å². The second kappa shape index (κ2) is 7.31. The molecule has 26 heavy (non-hydrogen) atoms.